The highest BCUT2D eigenvalue weighted by Gasteiger charge is 2.21. The number of pyridine rings is 1. The van der Waals surface area contributed by atoms with Crippen molar-refractivity contribution in [2.45, 2.75) is 13.0 Å². The molecule has 0 radical (unpaired) electrons. The van der Waals surface area contributed by atoms with Gasteiger partial charge in [0.25, 0.3) is 5.91 Å². The van der Waals surface area contributed by atoms with Crippen molar-refractivity contribution in [3.8, 4) is 0 Å². The van der Waals surface area contributed by atoms with Crippen LogP contribution in [0.3, 0.4) is 0 Å². The van der Waals surface area contributed by atoms with Gasteiger partial charge in [-0.3, -0.25) is 4.79 Å². The van der Waals surface area contributed by atoms with Crippen LogP contribution in [0.2, 0.25) is 0 Å². The molecule has 0 aliphatic heterocycles. The predicted molar refractivity (Wildman–Crippen MR) is 81.5 cm³/mol. The number of carbonyl (C=O) groups excluding carboxylic acids is 1. The highest BCUT2D eigenvalue weighted by atomic mass is 79.9. The van der Waals surface area contributed by atoms with Crippen LogP contribution in [0.25, 0.3) is 0 Å². The average Bonchev–Trinajstić information content (AvgIpc) is 2.44. The molecule has 0 bridgehead atoms. The monoisotopic (exact) mass is 334 g/mol. The van der Waals surface area contributed by atoms with E-state index in [1.165, 1.54) is 7.11 Å². The Bertz CT molecular complexity index is 602. The number of ether oxygens (including phenoxy) is 1. The number of amides is 1. The molecular formula is C15H15BrN2O2. The van der Waals surface area contributed by atoms with Gasteiger partial charge in [-0.05, 0) is 40.0 Å². The lowest BCUT2D eigenvalue weighted by Crippen LogP contribution is -2.23. The number of nitrogens with zero attached hydrogens (tertiary/aromatic N) is 1. The summed E-state index contributed by atoms with van der Waals surface area (Å²) in [5, 5.41) is 2.76. The summed E-state index contributed by atoms with van der Waals surface area (Å²) in [5.41, 5.74) is 1.82. The Balaban J connectivity index is 2.18. The van der Waals surface area contributed by atoms with Crippen molar-refractivity contribution in [2.75, 3.05) is 12.4 Å². The average molecular weight is 335 g/mol. The zero-order chi connectivity index (χ0) is 14.5. The molecule has 1 heterocycles. The minimum Gasteiger partial charge on any atom is -0.367 e. The number of benzene rings is 1. The van der Waals surface area contributed by atoms with Crippen molar-refractivity contribution in [1.29, 1.82) is 0 Å². The maximum atomic E-state index is 12.3. The number of aromatic nitrogens is 1. The summed E-state index contributed by atoms with van der Waals surface area (Å²) in [5.74, 6) is 0.231. The fourth-order valence-corrected chi connectivity index (χ4v) is 2.39. The first-order valence-electron chi connectivity index (χ1n) is 6.12. The topological polar surface area (TPSA) is 51.2 Å². The lowest BCUT2D eigenvalue weighted by atomic mass is 10.1. The van der Waals surface area contributed by atoms with Crippen molar-refractivity contribution in [3.05, 3.63) is 58.2 Å². The molecule has 1 amide bonds. The van der Waals surface area contributed by atoms with Gasteiger partial charge in [0.05, 0.1) is 4.47 Å². The van der Waals surface area contributed by atoms with Crippen LogP contribution in [0, 0.1) is 6.92 Å². The molecule has 0 spiro atoms. The molecule has 0 aliphatic rings. The van der Waals surface area contributed by atoms with Crippen LogP contribution >= 0.6 is 15.9 Å². The molecule has 0 fully saturated rings. The molecule has 0 saturated heterocycles. The minimum absolute atomic E-state index is 0.254. The number of hydrogen-bond donors (Lipinski definition) is 1. The van der Waals surface area contributed by atoms with E-state index in [1.54, 1.807) is 6.20 Å². The van der Waals surface area contributed by atoms with E-state index in [9.17, 15) is 4.79 Å². The minimum atomic E-state index is -0.661. The van der Waals surface area contributed by atoms with Gasteiger partial charge in [0.2, 0.25) is 0 Å². The number of halogens is 1. The maximum Gasteiger partial charge on any atom is 0.259 e. The van der Waals surface area contributed by atoms with Crippen molar-refractivity contribution < 1.29 is 9.53 Å². The Kier molecular flexibility index (Phi) is 4.87. The normalized spacial score (nSPS) is 11.9. The van der Waals surface area contributed by atoms with Gasteiger partial charge in [-0.15, -0.1) is 0 Å². The molecule has 2 aromatic rings. The molecule has 0 saturated carbocycles. The second kappa shape index (κ2) is 6.63. The zero-order valence-corrected chi connectivity index (χ0v) is 12.8. The van der Waals surface area contributed by atoms with Crippen LogP contribution < -0.4 is 5.32 Å². The Morgan fingerprint density at radius 2 is 2.05 bits per heavy atom. The zero-order valence-electron chi connectivity index (χ0n) is 11.3. The number of anilines is 1. The first-order chi connectivity index (χ1) is 9.61. The fraction of sp³-hybridized carbons (Fsp3) is 0.200. The molecule has 104 valence electrons. The second-order valence-electron chi connectivity index (χ2n) is 4.36. The molecule has 1 N–H and O–H groups in total. The standard InChI is InChI=1S/C15H15BrN2O2/c1-10-8-12(16)14(17-9-10)18-15(19)13(20-2)11-6-4-3-5-7-11/h3-9,13H,1-2H3,(H,17,18,19). The van der Waals surface area contributed by atoms with Gasteiger partial charge in [0, 0.05) is 13.3 Å². The number of hydrogen-bond acceptors (Lipinski definition) is 3. The van der Waals surface area contributed by atoms with Crippen LogP contribution in [0.4, 0.5) is 5.82 Å². The quantitative estimate of drug-likeness (QED) is 0.931. The molecule has 20 heavy (non-hydrogen) atoms. The van der Waals surface area contributed by atoms with E-state index in [4.69, 9.17) is 4.74 Å². The molecule has 2 rings (SSSR count). The molecule has 1 atom stereocenters. The van der Waals surface area contributed by atoms with Crippen molar-refractivity contribution in [1.82, 2.24) is 4.98 Å². The molecular weight excluding hydrogens is 320 g/mol. The van der Waals surface area contributed by atoms with Gasteiger partial charge in [0.15, 0.2) is 6.10 Å². The number of carbonyl (C=O) groups is 1. The smallest absolute Gasteiger partial charge is 0.259 e. The van der Waals surface area contributed by atoms with Crippen LogP contribution in [-0.2, 0) is 9.53 Å². The Labute approximate surface area is 126 Å². The van der Waals surface area contributed by atoms with Gasteiger partial charge >= 0.3 is 0 Å². The summed E-state index contributed by atoms with van der Waals surface area (Å²) < 4.78 is 6.02. The van der Waals surface area contributed by atoms with E-state index >= 15 is 0 Å². The molecule has 1 aromatic carbocycles. The largest absolute Gasteiger partial charge is 0.367 e. The van der Waals surface area contributed by atoms with E-state index in [-0.39, 0.29) is 5.91 Å². The van der Waals surface area contributed by atoms with E-state index in [0.29, 0.717) is 5.82 Å². The highest BCUT2D eigenvalue weighted by molar-refractivity contribution is 9.10. The third-order valence-corrected chi connectivity index (χ3v) is 3.40. The summed E-state index contributed by atoms with van der Waals surface area (Å²) in [6, 6.07) is 11.2. The van der Waals surface area contributed by atoms with Gasteiger partial charge in [0.1, 0.15) is 5.82 Å². The van der Waals surface area contributed by atoms with Gasteiger partial charge in [-0.2, -0.15) is 0 Å². The Morgan fingerprint density at radius 1 is 1.35 bits per heavy atom. The van der Waals surface area contributed by atoms with E-state index in [1.807, 2.05) is 43.3 Å². The van der Waals surface area contributed by atoms with Crippen molar-refractivity contribution >= 4 is 27.7 Å². The number of rotatable bonds is 4. The second-order valence-corrected chi connectivity index (χ2v) is 5.21. The highest BCUT2D eigenvalue weighted by Crippen LogP contribution is 2.23. The lowest BCUT2D eigenvalue weighted by molar-refractivity contribution is -0.126. The van der Waals surface area contributed by atoms with Crippen LogP contribution in [0.15, 0.2) is 47.1 Å². The van der Waals surface area contributed by atoms with Crippen LogP contribution in [-0.4, -0.2) is 18.0 Å². The van der Waals surface area contributed by atoms with Crippen molar-refractivity contribution in [3.63, 3.8) is 0 Å². The van der Waals surface area contributed by atoms with Crippen LogP contribution in [0.5, 0.6) is 0 Å². The predicted octanol–water partition coefficient (Wildman–Crippen LogP) is 3.48. The number of nitrogens with one attached hydrogen (secondary N) is 1. The number of aryl methyl sites for hydroxylation is 1. The fourth-order valence-electron chi connectivity index (χ4n) is 1.83. The maximum absolute atomic E-state index is 12.3. The molecule has 0 aliphatic carbocycles. The lowest BCUT2D eigenvalue weighted by Gasteiger charge is -2.15. The summed E-state index contributed by atoms with van der Waals surface area (Å²) in [6.07, 6.45) is 1.04. The molecule has 5 heteroatoms. The summed E-state index contributed by atoms with van der Waals surface area (Å²) in [4.78, 5) is 16.5. The Morgan fingerprint density at radius 3 is 2.65 bits per heavy atom. The SMILES string of the molecule is COC(C(=O)Nc1ncc(C)cc1Br)c1ccccc1. The first-order valence-corrected chi connectivity index (χ1v) is 6.92. The van der Waals surface area contributed by atoms with Gasteiger partial charge in [-0.25, -0.2) is 4.98 Å². The third kappa shape index (κ3) is 3.43. The molecule has 1 unspecified atom stereocenters. The summed E-state index contributed by atoms with van der Waals surface area (Å²) >= 11 is 3.38. The summed E-state index contributed by atoms with van der Waals surface area (Å²) in [7, 11) is 1.51. The summed E-state index contributed by atoms with van der Waals surface area (Å²) in [6.45, 7) is 1.94. The van der Waals surface area contributed by atoms with E-state index in [0.717, 1.165) is 15.6 Å². The van der Waals surface area contributed by atoms with E-state index in [2.05, 4.69) is 26.2 Å². The molecule has 4 nitrogen and oxygen atoms in total. The van der Waals surface area contributed by atoms with Gasteiger partial charge in [-0.1, -0.05) is 30.3 Å². The van der Waals surface area contributed by atoms with Gasteiger partial charge < -0.3 is 10.1 Å². The Hall–Kier alpha value is -1.72. The first kappa shape index (κ1) is 14.7. The van der Waals surface area contributed by atoms with E-state index < -0.39 is 6.10 Å². The third-order valence-electron chi connectivity index (χ3n) is 2.80. The number of methoxy groups -OCH3 is 1. The van der Waals surface area contributed by atoms with Crippen LogP contribution in [0.1, 0.15) is 17.2 Å². The molecule has 1 aromatic heterocycles. The van der Waals surface area contributed by atoms with Crippen molar-refractivity contribution in [2.24, 2.45) is 0 Å².